The van der Waals surface area contributed by atoms with E-state index in [2.05, 4.69) is 13.8 Å². The number of carboxylic acids is 5. The molecule has 78 heavy (non-hydrogen) atoms. The fraction of sp³-hybridized carbons (Fsp3) is 0.839. The Morgan fingerprint density at radius 2 is 0.782 bits per heavy atom. The van der Waals surface area contributed by atoms with Crippen molar-refractivity contribution >= 4 is 53.7 Å². The fourth-order valence-electron chi connectivity index (χ4n) is 8.77. The zero-order valence-electron chi connectivity index (χ0n) is 47.4. The molecule has 0 aliphatic heterocycles. The van der Waals surface area contributed by atoms with Gasteiger partial charge in [-0.15, -0.1) is 0 Å². The van der Waals surface area contributed by atoms with Crippen molar-refractivity contribution in [2.24, 2.45) is 0 Å². The van der Waals surface area contributed by atoms with E-state index in [1.54, 1.807) is 0 Å². The number of rotatable bonds is 57. The summed E-state index contributed by atoms with van der Waals surface area (Å²) in [6, 6.07) is -1.06. The molecule has 452 valence electrons. The summed E-state index contributed by atoms with van der Waals surface area (Å²) in [6.07, 6.45) is 28.7. The topological polar surface area (TPSA) is 311 Å². The van der Waals surface area contributed by atoms with E-state index in [1.807, 2.05) is 0 Å². The van der Waals surface area contributed by atoms with Gasteiger partial charge in [0.15, 0.2) is 6.10 Å². The van der Waals surface area contributed by atoms with Gasteiger partial charge in [-0.25, -0.2) is 4.79 Å². The number of ether oxygens (including phenoxy) is 5. The molecular weight excluding hydrogens is 1020 g/mol. The lowest BCUT2D eigenvalue weighted by molar-refractivity contribution is -0.168. The summed E-state index contributed by atoms with van der Waals surface area (Å²) in [4.78, 5) is 112. The molecule has 0 amide bonds. The molecule has 0 fully saturated rings. The maximum Gasteiger partial charge on any atom is 0.332 e. The second-order valence-electron chi connectivity index (χ2n) is 20.2. The Bertz CT molecular complexity index is 1640. The number of nitrogens with zero attached hydrogens (tertiary/aromatic N) is 3. The first-order valence-corrected chi connectivity index (χ1v) is 29.0. The number of esters is 4. The first-order chi connectivity index (χ1) is 37.4. The zero-order valence-corrected chi connectivity index (χ0v) is 47.4. The predicted molar refractivity (Wildman–Crippen MR) is 290 cm³/mol. The maximum absolute atomic E-state index is 13.0. The van der Waals surface area contributed by atoms with E-state index in [1.165, 1.54) is 120 Å². The summed E-state index contributed by atoms with van der Waals surface area (Å²) < 4.78 is 26.9. The summed E-state index contributed by atoms with van der Waals surface area (Å²) in [5.74, 6) is -9.44. The average Bonchev–Trinajstić information content (AvgIpc) is 3.36. The number of carbonyl (C=O) groups excluding carboxylic acids is 4. The number of aliphatic carboxylic acids is 5. The molecule has 22 heteroatoms. The van der Waals surface area contributed by atoms with E-state index < -0.39 is 125 Å². The molecule has 0 radical (unpaired) electrons. The van der Waals surface area contributed by atoms with Gasteiger partial charge < -0.3 is 49.2 Å². The van der Waals surface area contributed by atoms with Crippen molar-refractivity contribution in [2.45, 2.75) is 219 Å². The highest BCUT2D eigenvalue weighted by Crippen LogP contribution is 2.16. The second-order valence-corrected chi connectivity index (χ2v) is 20.2. The molecule has 0 spiro atoms. The zero-order chi connectivity index (χ0) is 58.0. The van der Waals surface area contributed by atoms with Crippen LogP contribution in [0.4, 0.5) is 0 Å². The molecule has 22 nitrogen and oxygen atoms in total. The van der Waals surface area contributed by atoms with Crippen LogP contribution in [0.15, 0.2) is 0 Å². The SMILES string of the molecule is CCCCCCCCCCCCCCCC(=O)OCC(COC(=O)COCCOC(=O)CN(CC(=O)O)C(CCC(=O)O)CN(CCN(CC(=O)O)CC(=O)O)CC(=O)O)OC(=O)CCCCCCCCCCCCCCC. The first-order valence-electron chi connectivity index (χ1n) is 29.0. The highest BCUT2D eigenvalue weighted by Gasteiger charge is 2.28. The maximum atomic E-state index is 13.0. The van der Waals surface area contributed by atoms with Crippen LogP contribution >= 0.6 is 0 Å². The Morgan fingerprint density at radius 3 is 1.22 bits per heavy atom. The van der Waals surface area contributed by atoms with Crippen LogP contribution in [0.2, 0.25) is 0 Å². The highest BCUT2D eigenvalue weighted by molar-refractivity contribution is 5.75. The molecule has 0 aromatic carbocycles. The summed E-state index contributed by atoms with van der Waals surface area (Å²) in [5.41, 5.74) is 0. The minimum Gasteiger partial charge on any atom is -0.481 e. The van der Waals surface area contributed by atoms with Crippen LogP contribution in [0.1, 0.15) is 206 Å². The Balaban J connectivity index is 5.26. The van der Waals surface area contributed by atoms with E-state index in [0.717, 1.165) is 48.3 Å². The number of unbranched alkanes of at least 4 members (excludes halogenated alkanes) is 24. The van der Waals surface area contributed by atoms with Gasteiger partial charge in [-0.05, 0) is 19.3 Å². The molecule has 0 rings (SSSR count). The van der Waals surface area contributed by atoms with Crippen molar-refractivity contribution in [3.8, 4) is 0 Å². The van der Waals surface area contributed by atoms with Gasteiger partial charge in [-0.2, -0.15) is 0 Å². The first kappa shape index (κ1) is 73.1. The summed E-state index contributed by atoms with van der Waals surface area (Å²) >= 11 is 0. The van der Waals surface area contributed by atoms with E-state index in [9.17, 15) is 68.7 Å². The van der Waals surface area contributed by atoms with Crippen LogP contribution in [0.3, 0.4) is 0 Å². The van der Waals surface area contributed by atoms with Gasteiger partial charge in [-0.1, -0.05) is 168 Å². The van der Waals surface area contributed by atoms with Crippen LogP contribution in [-0.2, 0) is 66.8 Å². The average molecular weight is 1120 g/mol. The Kier molecular flexibility index (Phi) is 47.1. The smallest absolute Gasteiger partial charge is 0.332 e. The number of hydrogen-bond acceptors (Lipinski definition) is 17. The lowest BCUT2D eigenvalue weighted by Crippen LogP contribution is -2.51. The number of carboxylic acid groups (broad SMARTS) is 5. The van der Waals surface area contributed by atoms with E-state index in [4.69, 9.17) is 23.7 Å². The lowest BCUT2D eigenvalue weighted by Gasteiger charge is -2.34. The molecule has 0 saturated carbocycles. The Labute approximate surface area is 463 Å². The standard InChI is InChI=1S/C56H99N3O19/c1-3-5-7-9-11-13-15-17-19-21-23-25-27-29-53(70)76-43-47(78-54(71)30-28-26-24-22-20-18-16-14-12-10-8-6-4-2)44-77-56(73)45-74-35-36-75-55(72)42-59(41-52(68)69)46(31-32-48(60)61)37-57(38-49(62)63)33-34-58(39-50(64)65)40-51(66)67/h46-47H,3-45H2,1-2H3,(H,60,61)(H,62,63)(H,64,65)(H,66,67)(H,68,69). The van der Waals surface area contributed by atoms with Crippen molar-refractivity contribution < 1.29 is 92.4 Å². The summed E-state index contributed by atoms with van der Waals surface area (Å²) in [5, 5.41) is 47.1. The molecule has 0 aliphatic rings. The molecule has 0 heterocycles. The van der Waals surface area contributed by atoms with E-state index >= 15 is 0 Å². The molecular formula is C56H99N3O19. The molecule has 0 aromatic heterocycles. The van der Waals surface area contributed by atoms with Crippen molar-refractivity contribution in [3.63, 3.8) is 0 Å². The van der Waals surface area contributed by atoms with E-state index in [-0.39, 0.29) is 52.1 Å². The monoisotopic (exact) mass is 1120 g/mol. The van der Waals surface area contributed by atoms with Crippen LogP contribution in [-0.4, -0.2) is 191 Å². The van der Waals surface area contributed by atoms with Gasteiger partial charge >= 0.3 is 53.7 Å². The lowest BCUT2D eigenvalue weighted by atomic mass is 10.0. The third kappa shape index (κ3) is 48.2. The molecule has 2 unspecified atom stereocenters. The normalized spacial score (nSPS) is 12.1. The van der Waals surface area contributed by atoms with E-state index in [0.29, 0.717) is 12.8 Å². The van der Waals surface area contributed by atoms with Crippen LogP contribution < -0.4 is 0 Å². The minimum atomic E-state index is -1.40. The van der Waals surface area contributed by atoms with Gasteiger partial charge in [-0.3, -0.25) is 53.1 Å². The highest BCUT2D eigenvalue weighted by atomic mass is 16.6. The van der Waals surface area contributed by atoms with Gasteiger partial charge in [0, 0.05) is 44.9 Å². The number of carbonyl (C=O) groups is 9. The third-order valence-electron chi connectivity index (χ3n) is 13.0. The fourth-order valence-corrected chi connectivity index (χ4v) is 8.77. The molecule has 2 atom stereocenters. The van der Waals surface area contributed by atoms with Gasteiger partial charge in [0.05, 0.1) is 39.3 Å². The van der Waals surface area contributed by atoms with Gasteiger partial charge in [0.2, 0.25) is 0 Å². The van der Waals surface area contributed by atoms with Crippen LogP contribution in [0, 0.1) is 0 Å². The number of hydrogen-bond donors (Lipinski definition) is 5. The largest absolute Gasteiger partial charge is 0.481 e. The van der Waals surface area contributed by atoms with Crippen molar-refractivity contribution in [1.29, 1.82) is 0 Å². The second kappa shape index (κ2) is 50.3. The predicted octanol–water partition coefficient (Wildman–Crippen LogP) is 7.98. The Hall–Kier alpha value is -4.93. The minimum absolute atomic E-state index is 0.155. The van der Waals surface area contributed by atoms with Crippen molar-refractivity contribution in [2.75, 3.05) is 85.4 Å². The molecule has 5 N–H and O–H groups in total. The molecule has 0 aromatic rings. The molecule has 0 aliphatic carbocycles. The molecule has 0 bridgehead atoms. The van der Waals surface area contributed by atoms with Gasteiger partial charge in [0.1, 0.15) is 26.4 Å². The van der Waals surface area contributed by atoms with Gasteiger partial charge in [0.25, 0.3) is 0 Å². The summed E-state index contributed by atoms with van der Waals surface area (Å²) in [7, 11) is 0. The Morgan fingerprint density at radius 1 is 0.385 bits per heavy atom. The van der Waals surface area contributed by atoms with Crippen molar-refractivity contribution in [1.82, 2.24) is 14.7 Å². The third-order valence-corrected chi connectivity index (χ3v) is 13.0. The quantitative estimate of drug-likeness (QED) is 0.0219. The van der Waals surface area contributed by atoms with Crippen LogP contribution in [0.25, 0.3) is 0 Å². The van der Waals surface area contributed by atoms with Crippen LogP contribution in [0.5, 0.6) is 0 Å². The van der Waals surface area contributed by atoms with Crippen molar-refractivity contribution in [3.05, 3.63) is 0 Å². The summed E-state index contributed by atoms with van der Waals surface area (Å²) in [6.45, 7) is -1.84. The molecule has 0 saturated heterocycles.